The molecule has 1 saturated heterocycles. The van der Waals surface area contributed by atoms with Gasteiger partial charge in [-0.15, -0.1) is 0 Å². The number of hydrogen-bond acceptors (Lipinski definition) is 10. The van der Waals surface area contributed by atoms with Crippen LogP contribution in [-0.2, 0) is 57.6 Å². The second-order valence-corrected chi connectivity index (χ2v) is 18.7. The van der Waals surface area contributed by atoms with Crippen LogP contribution in [0.15, 0.2) is 66.2 Å². The van der Waals surface area contributed by atoms with Gasteiger partial charge in [0.05, 0.1) is 22.8 Å². The highest BCUT2D eigenvalue weighted by Crippen LogP contribution is 2.24. The molecule has 1 aliphatic rings. The number of aromatic nitrogens is 3. The molecule has 0 saturated carbocycles. The van der Waals surface area contributed by atoms with Crippen molar-refractivity contribution in [2.75, 3.05) is 19.6 Å². The maximum Gasteiger partial charge on any atom is 0.243 e. The molecule has 3 heterocycles. The number of carbonyl (C=O) groups excluding carboxylic acids is 8. The van der Waals surface area contributed by atoms with E-state index in [1.165, 1.54) is 31.6 Å². The van der Waals surface area contributed by atoms with Crippen molar-refractivity contribution in [3.8, 4) is 0 Å². The Morgan fingerprint density at radius 3 is 2.14 bits per heavy atom. The van der Waals surface area contributed by atoms with Gasteiger partial charge in [0.25, 0.3) is 0 Å². The minimum absolute atomic E-state index is 0.0111. The van der Waals surface area contributed by atoms with E-state index in [4.69, 9.17) is 34.7 Å². The summed E-state index contributed by atoms with van der Waals surface area (Å²) in [7, 11) is 0. The van der Waals surface area contributed by atoms with Gasteiger partial charge in [-0.05, 0) is 67.9 Å². The average Bonchev–Trinajstić information content (AvgIpc) is 4.03. The smallest absolute Gasteiger partial charge is 0.243 e. The number of guanidine groups is 1. The zero-order valence-corrected chi connectivity index (χ0v) is 42.4. The van der Waals surface area contributed by atoms with Gasteiger partial charge in [-0.3, -0.25) is 43.3 Å². The molecule has 0 aliphatic carbocycles. The summed E-state index contributed by atoms with van der Waals surface area (Å²) in [4.78, 5) is 126. The first-order valence-electron chi connectivity index (χ1n) is 24.4. The Kier molecular flexibility index (Phi) is 22.3. The van der Waals surface area contributed by atoms with Crippen LogP contribution in [-0.4, -0.2) is 124 Å². The Bertz CT molecular complexity index is 2570. The fourth-order valence-corrected chi connectivity index (χ4v) is 8.50. The van der Waals surface area contributed by atoms with E-state index in [-0.39, 0.29) is 74.2 Å². The molecule has 2 aromatic heterocycles. The number of fused-ring (bicyclic) bond motifs is 1. The Morgan fingerprint density at radius 1 is 0.781 bits per heavy atom. The Labute approximate surface area is 432 Å². The molecule has 4 aromatic rings. The first-order valence-corrected chi connectivity index (χ1v) is 25.1. The molecule has 2 aromatic carbocycles. The Balaban J connectivity index is 1.53. The fourth-order valence-electron chi connectivity index (χ4n) is 8.18. The third kappa shape index (κ3) is 18.4. The van der Waals surface area contributed by atoms with Crippen molar-refractivity contribution in [1.82, 2.24) is 57.5 Å². The van der Waals surface area contributed by atoms with Crippen LogP contribution in [0.2, 0.25) is 10.0 Å². The number of unbranched alkanes of at least 4 members (excludes halogenated alkanes) is 1. The summed E-state index contributed by atoms with van der Waals surface area (Å²) < 4.78 is 0. The van der Waals surface area contributed by atoms with E-state index in [0.717, 1.165) is 16.5 Å². The summed E-state index contributed by atoms with van der Waals surface area (Å²) in [5.74, 6) is -5.78. The number of nitrogens with zero attached hydrogens (tertiary/aromatic N) is 2. The van der Waals surface area contributed by atoms with Crippen molar-refractivity contribution in [2.45, 2.75) is 127 Å². The van der Waals surface area contributed by atoms with Crippen LogP contribution in [0.1, 0.15) is 88.5 Å². The fraction of sp³-hybridized carbons (Fsp3) is 0.469. The van der Waals surface area contributed by atoms with Gasteiger partial charge in [-0.2, -0.15) is 0 Å². The van der Waals surface area contributed by atoms with E-state index >= 15 is 0 Å². The monoisotopic (exact) mass is 1050 g/mol. The second kappa shape index (κ2) is 28.7. The van der Waals surface area contributed by atoms with Crippen LogP contribution in [0.5, 0.6) is 0 Å². The number of benzene rings is 2. The zero-order chi connectivity index (χ0) is 52.9. The van der Waals surface area contributed by atoms with Gasteiger partial charge in [0.2, 0.25) is 47.3 Å². The quantitative estimate of drug-likeness (QED) is 0.0430. The summed E-state index contributed by atoms with van der Waals surface area (Å²) in [6.07, 6.45) is 6.96. The summed E-state index contributed by atoms with van der Waals surface area (Å²) in [5, 5.41) is 23.2. The number of H-pyrrole nitrogens is 2. The highest BCUT2D eigenvalue weighted by Gasteiger charge is 2.35. The van der Waals surface area contributed by atoms with Crippen LogP contribution >= 0.6 is 23.2 Å². The third-order valence-corrected chi connectivity index (χ3v) is 12.8. The molecule has 0 radical (unpaired) electrons. The number of amides is 8. The molecular weight excluding hydrogens is 984 g/mol. The van der Waals surface area contributed by atoms with Gasteiger partial charge in [-0.25, -0.2) is 4.98 Å². The number of rotatable bonds is 16. The van der Waals surface area contributed by atoms with E-state index in [9.17, 15) is 38.4 Å². The predicted molar refractivity (Wildman–Crippen MR) is 276 cm³/mol. The molecule has 8 amide bonds. The zero-order valence-electron chi connectivity index (χ0n) is 40.9. The lowest BCUT2D eigenvalue weighted by Gasteiger charge is -2.28. The lowest BCUT2D eigenvalue weighted by molar-refractivity contribution is -0.136. The van der Waals surface area contributed by atoms with Crippen molar-refractivity contribution in [2.24, 2.45) is 16.5 Å². The number of halogens is 2. The third-order valence-electron chi connectivity index (χ3n) is 12.0. The van der Waals surface area contributed by atoms with Crippen LogP contribution in [0.3, 0.4) is 0 Å². The molecule has 0 bridgehead atoms. The number of hydrogen-bond donors (Lipinski definition) is 12. The number of carbonyl (C=O) groups is 8. The number of para-hydroxylation sites is 1. The average molecular weight is 1050 g/mol. The van der Waals surface area contributed by atoms with Gasteiger partial charge < -0.3 is 64.0 Å². The summed E-state index contributed by atoms with van der Waals surface area (Å²) >= 11 is 12.6. The topological polar surface area (TPSA) is 342 Å². The molecule has 24 heteroatoms. The van der Waals surface area contributed by atoms with Crippen LogP contribution < -0.4 is 54.0 Å². The predicted octanol–water partition coefficient (Wildman–Crippen LogP) is 1.20. The van der Waals surface area contributed by atoms with Crippen LogP contribution in [0, 0.1) is 0 Å². The van der Waals surface area contributed by atoms with E-state index in [1.807, 2.05) is 31.2 Å². The molecule has 394 valence electrons. The SMILES string of the molecule is CCCC[C@H](NC(C)=O)C(=O)N[C@H]1CC(=O)NCCCCCNC(=O)[C@H](Cc2c[nH]c3ccccc23)NC(=O)[C@H](CCCN=C(N)N)NC(=O)[C@@H](Cc2ccc(Cl)c(Cl)c2)NC(=O)[C@H](Cc2cnc[nH]2)NC1=O. The molecule has 14 N–H and O–H groups in total. The molecule has 22 nitrogen and oxygen atoms in total. The van der Waals surface area contributed by atoms with E-state index < -0.39 is 89.9 Å². The number of nitrogens with two attached hydrogens (primary N) is 2. The summed E-state index contributed by atoms with van der Waals surface area (Å²) in [6.45, 7) is 3.68. The van der Waals surface area contributed by atoms with Crippen LogP contribution in [0.4, 0.5) is 0 Å². The number of nitrogens with one attached hydrogen (secondary N) is 10. The first kappa shape index (κ1) is 56.7. The van der Waals surface area contributed by atoms with Crippen LogP contribution in [0.25, 0.3) is 10.9 Å². The summed E-state index contributed by atoms with van der Waals surface area (Å²) in [5.41, 5.74) is 13.6. The molecular formula is C49H66Cl2N14O8. The van der Waals surface area contributed by atoms with E-state index in [0.29, 0.717) is 43.4 Å². The lowest BCUT2D eigenvalue weighted by Crippen LogP contribution is -2.60. The Morgan fingerprint density at radius 2 is 1.45 bits per heavy atom. The largest absolute Gasteiger partial charge is 0.370 e. The van der Waals surface area contributed by atoms with Crippen molar-refractivity contribution in [1.29, 1.82) is 0 Å². The standard InChI is InChI=1S/C49H66Cl2N14O8/c1-3-4-12-36(60-28(2)66)44(69)65-41-24-42(67)55-17-8-5-9-18-56-43(68)39(22-30-25-58-35-13-7-6-11-32(30)35)63-45(70)37(14-10-19-57-49(52)53)61-46(71)38(21-29-15-16-33(50)34(51)20-29)62-47(72)40(64-48(41)73)23-31-26-54-27-59-31/h6-7,11,13,15-16,20,25-27,36-41,58H,3-5,8-10,12,14,17-19,21-24H2,1-2H3,(H,54,59)(H,55,67)(H,56,68)(H,60,66)(H,61,71)(H,62,72)(H,63,70)(H,64,73)(H,65,69)(H4,52,53,57)/t36-,37-,38+,39-,40-,41-/m0/s1. The van der Waals surface area contributed by atoms with Gasteiger partial charge in [0.1, 0.15) is 36.3 Å². The Hall–Kier alpha value is -7.20. The number of imidazole rings is 1. The van der Waals surface area contributed by atoms with Crippen molar-refractivity contribution < 1.29 is 38.4 Å². The molecule has 73 heavy (non-hydrogen) atoms. The number of aromatic amines is 2. The van der Waals surface area contributed by atoms with E-state index in [1.54, 1.807) is 12.3 Å². The number of aliphatic imine (C=N–C) groups is 1. The maximum absolute atomic E-state index is 14.7. The molecule has 0 spiro atoms. The summed E-state index contributed by atoms with van der Waals surface area (Å²) in [6, 6.07) is 4.24. The normalized spacial score (nSPS) is 20.5. The maximum atomic E-state index is 14.7. The second-order valence-electron chi connectivity index (χ2n) is 17.9. The van der Waals surface area contributed by atoms with Gasteiger partial charge in [0, 0.05) is 74.8 Å². The van der Waals surface area contributed by atoms with E-state index in [2.05, 4.69) is 62.5 Å². The molecule has 1 fully saturated rings. The minimum Gasteiger partial charge on any atom is -0.370 e. The van der Waals surface area contributed by atoms with Crippen molar-refractivity contribution in [3.05, 3.63) is 88.1 Å². The van der Waals surface area contributed by atoms with Crippen molar-refractivity contribution >= 4 is 87.3 Å². The highest BCUT2D eigenvalue weighted by molar-refractivity contribution is 6.42. The van der Waals surface area contributed by atoms with Crippen molar-refractivity contribution in [3.63, 3.8) is 0 Å². The molecule has 6 atom stereocenters. The molecule has 0 unspecified atom stereocenters. The first-order chi connectivity index (χ1) is 35.0. The van der Waals surface area contributed by atoms with Gasteiger partial charge in [0.15, 0.2) is 5.96 Å². The molecule has 5 rings (SSSR count). The minimum atomic E-state index is -1.54. The van der Waals surface area contributed by atoms with Gasteiger partial charge in [-0.1, -0.05) is 67.2 Å². The molecule has 1 aliphatic heterocycles. The van der Waals surface area contributed by atoms with Gasteiger partial charge >= 0.3 is 0 Å². The highest BCUT2D eigenvalue weighted by atomic mass is 35.5. The lowest BCUT2D eigenvalue weighted by atomic mass is 10.0.